The second-order valence-electron chi connectivity index (χ2n) is 4.72. The summed E-state index contributed by atoms with van der Waals surface area (Å²) in [6.45, 7) is 8.79. The van der Waals surface area contributed by atoms with Gasteiger partial charge >= 0.3 is 0 Å². The average Bonchev–Trinajstić information content (AvgIpc) is 2.93. The Morgan fingerprint density at radius 2 is 2.06 bits per heavy atom. The van der Waals surface area contributed by atoms with E-state index in [4.69, 9.17) is 0 Å². The zero-order valence-electron chi connectivity index (χ0n) is 11.3. The molecule has 5 nitrogen and oxygen atoms in total. The maximum Gasteiger partial charge on any atom is 0.137 e. The van der Waals surface area contributed by atoms with Gasteiger partial charge in [0, 0.05) is 18.8 Å². The molecule has 0 radical (unpaired) electrons. The van der Waals surface area contributed by atoms with Crippen LogP contribution in [0.4, 0.5) is 0 Å². The van der Waals surface area contributed by atoms with E-state index in [2.05, 4.69) is 10.2 Å². The Labute approximate surface area is 107 Å². The maximum atomic E-state index is 10.5. The van der Waals surface area contributed by atoms with Crippen molar-refractivity contribution >= 4 is 0 Å². The van der Waals surface area contributed by atoms with Gasteiger partial charge in [0.25, 0.3) is 0 Å². The van der Waals surface area contributed by atoms with Gasteiger partial charge in [0.1, 0.15) is 6.10 Å². The lowest BCUT2D eigenvalue weighted by Gasteiger charge is -2.16. The highest BCUT2D eigenvalue weighted by Crippen LogP contribution is 2.24. The van der Waals surface area contributed by atoms with Gasteiger partial charge in [-0.1, -0.05) is 0 Å². The van der Waals surface area contributed by atoms with Crippen molar-refractivity contribution in [1.82, 2.24) is 19.6 Å². The molecule has 2 aromatic rings. The van der Waals surface area contributed by atoms with Crippen molar-refractivity contribution in [3.8, 4) is 0 Å². The van der Waals surface area contributed by atoms with E-state index in [0.717, 1.165) is 23.6 Å². The highest BCUT2D eigenvalue weighted by Gasteiger charge is 2.20. The van der Waals surface area contributed by atoms with Crippen molar-refractivity contribution in [2.75, 3.05) is 0 Å². The van der Waals surface area contributed by atoms with Crippen LogP contribution in [0, 0.1) is 6.92 Å². The Bertz CT molecular complexity index is 527. The SMILES string of the molecule is CCn1nc(C)cc1C(O)c1ccnn1C(C)C. The van der Waals surface area contributed by atoms with Crippen LogP contribution >= 0.6 is 0 Å². The molecular formula is C13H20N4O. The van der Waals surface area contributed by atoms with Crippen molar-refractivity contribution in [2.45, 2.75) is 46.4 Å². The third-order valence-corrected chi connectivity index (χ3v) is 2.98. The fourth-order valence-electron chi connectivity index (χ4n) is 2.16. The summed E-state index contributed by atoms with van der Waals surface area (Å²) in [6.07, 6.45) is 1.04. The van der Waals surface area contributed by atoms with E-state index in [1.165, 1.54) is 0 Å². The van der Waals surface area contributed by atoms with Gasteiger partial charge in [-0.05, 0) is 39.8 Å². The molecule has 5 heteroatoms. The first kappa shape index (κ1) is 12.8. The molecule has 2 heterocycles. The van der Waals surface area contributed by atoms with Crippen LogP contribution in [0.2, 0.25) is 0 Å². The van der Waals surface area contributed by atoms with E-state index in [9.17, 15) is 5.11 Å². The topological polar surface area (TPSA) is 55.9 Å². The minimum atomic E-state index is -0.684. The molecule has 0 amide bonds. The van der Waals surface area contributed by atoms with Crippen LogP contribution in [0.3, 0.4) is 0 Å². The quantitative estimate of drug-likeness (QED) is 0.901. The molecule has 0 spiro atoms. The predicted octanol–water partition coefficient (Wildman–Crippen LogP) is 2.07. The molecule has 98 valence electrons. The summed E-state index contributed by atoms with van der Waals surface area (Å²) in [5, 5.41) is 19.1. The number of aliphatic hydroxyl groups is 1. The normalized spacial score (nSPS) is 13.2. The van der Waals surface area contributed by atoms with Gasteiger partial charge in [-0.15, -0.1) is 0 Å². The number of aromatic nitrogens is 4. The van der Waals surface area contributed by atoms with Crippen LogP contribution in [0.5, 0.6) is 0 Å². The summed E-state index contributed by atoms with van der Waals surface area (Å²) in [5.41, 5.74) is 2.54. The highest BCUT2D eigenvalue weighted by atomic mass is 16.3. The average molecular weight is 248 g/mol. The highest BCUT2D eigenvalue weighted by molar-refractivity contribution is 5.21. The Balaban J connectivity index is 2.41. The first-order valence-corrected chi connectivity index (χ1v) is 6.30. The molecule has 2 aromatic heterocycles. The Morgan fingerprint density at radius 3 is 2.67 bits per heavy atom. The molecule has 0 fully saturated rings. The molecule has 1 atom stereocenters. The summed E-state index contributed by atoms with van der Waals surface area (Å²) in [5.74, 6) is 0. The second-order valence-corrected chi connectivity index (χ2v) is 4.72. The molecule has 0 bridgehead atoms. The lowest BCUT2D eigenvalue weighted by atomic mass is 10.1. The van der Waals surface area contributed by atoms with Crippen molar-refractivity contribution in [1.29, 1.82) is 0 Å². The van der Waals surface area contributed by atoms with Gasteiger partial charge in [0.2, 0.25) is 0 Å². The second kappa shape index (κ2) is 4.94. The Morgan fingerprint density at radius 1 is 1.33 bits per heavy atom. The van der Waals surface area contributed by atoms with E-state index >= 15 is 0 Å². The van der Waals surface area contributed by atoms with Crippen molar-refractivity contribution in [2.24, 2.45) is 0 Å². The number of hydrogen-bond donors (Lipinski definition) is 1. The molecule has 0 aliphatic carbocycles. The van der Waals surface area contributed by atoms with Gasteiger partial charge in [-0.2, -0.15) is 10.2 Å². The minimum Gasteiger partial charge on any atom is -0.380 e. The predicted molar refractivity (Wildman–Crippen MR) is 69.3 cm³/mol. The first-order chi connectivity index (χ1) is 8.54. The van der Waals surface area contributed by atoms with E-state index in [0.29, 0.717) is 0 Å². The summed E-state index contributed by atoms with van der Waals surface area (Å²) >= 11 is 0. The number of aliphatic hydroxyl groups excluding tert-OH is 1. The smallest absolute Gasteiger partial charge is 0.137 e. The maximum absolute atomic E-state index is 10.5. The lowest BCUT2D eigenvalue weighted by Crippen LogP contribution is -2.15. The summed E-state index contributed by atoms with van der Waals surface area (Å²) in [6, 6.07) is 4.00. The third kappa shape index (κ3) is 2.18. The van der Waals surface area contributed by atoms with Crippen molar-refractivity contribution in [3.05, 3.63) is 35.4 Å². The van der Waals surface area contributed by atoms with Crippen molar-refractivity contribution < 1.29 is 5.11 Å². The molecule has 2 rings (SSSR count). The molecule has 18 heavy (non-hydrogen) atoms. The molecule has 0 aromatic carbocycles. The zero-order valence-corrected chi connectivity index (χ0v) is 11.3. The Kier molecular flexibility index (Phi) is 3.52. The van der Waals surface area contributed by atoms with E-state index in [1.54, 1.807) is 6.20 Å². The number of aryl methyl sites for hydroxylation is 2. The van der Waals surface area contributed by atoms with Gasteiger partial charge in [0.05, 0.1) is 17.1 Å². The van der Waals surface area contributed by atoms with Gasteiger partial charge < -0.3 is 5.11 Å². The number of hydrogen-bond acceptors (Lipinski definition) is 3. The monoisotopic (exact) mass is 248 g/mol. The van der Waals surface area contributed by atoms with E-state index in [1.807, 2.05) is 49.2 Å². The lowest BCUT2D eigenvalue weighted by molar-refractivity contribution is 0.193. The fraction of sp³-hybridized carbons (Fsp3) is 0.538. The van der Waals surface area contributed by atoms with Crippen LogP contribution in [0.15, 0.2) is 18.3 Å². The summed E-state index contributed by atoms with van der Waals surface area (Å²) in [4.78, 5) is 0. The largest absolute Gasteiger partial charge is 0.380 e. The Hall–Kier alpha value is -1.62. The van der Waals surface area contributed by atoms with Gasteiger partial charge in [-0.3, -0.25) is 9.36 Å². The molecular weight excluding hydrogens is 228 g/mol. The van der Waals surface area contributed by atoms with Crippen molar-refractivity contribution in [3.63, 3.8) is 0 Å². The molecule has 1 N–H and O–H groups in total. The molecule has 0 saturated heterocycles. The zero-order chi connectivity index (χ0) is 13.3. The molecule has 0 aliphatic heterocycles. The van der Waals surface area contributed by atoms with Crippen LogP contribution in [-0.4, -0.2) is 24.7 Å². The van der Waals surface area contributed by atoms with Crippen LogP contribution < -0.4 is 0 Å². The summed E-state index contributed by atoms with van der Waals surface area (Å²) < 4.78 is 3.67. The van der Waals surface area contributed by atoms with E-state index in [-0.39, 0.29) is 6.04 Å². The van der Waals surface area contributed by atoms with Crippen LogP contribution in [-0.2, 0) is 6.54 Å². The standard InChI is InChI=1S/C13H20N4O/c1-5-16-12(8-10(4)15-16)13(18)11-6-7-14-17(11)9(2)3/h6-9,13,18H,5H2,1-4H3. The fourth-order valence-corrected chi connectivity index (χ4v) is 2.16. The summed E-state index contributed by atoms with van der Waals surface area (Å²) in [7, 11) is 0. The van der Waals surface area contributed by atoms with Gasteiger partial charge in [-0.25, -0.2) is 0 Å². The molecule has 1 unspecified atom stereocenters. The van der Waals surface area contributed by atoms with Crippen LogP contribution in [0.25, 0.3) is 0 Å². The third-order valence-electron chi connectivity index (χ3n) is 2.98. The number of nitrogens with zero attached hydrogens (tertiary/aromatic N) is 4. The van der Waals surface area contributed by atoms with E-state index < -0.39 is 6.10 Å². The van der Waals surface area contributed by atoms with Crippen LogP contribution in [0.1, 0.15) is 50.0 Å². The number of rotatable bonds is 4. The minimum absolute atomic E-state index is 0.226. The molecule has 0 aliphatic rings. The van der Waals surface area contributed by atoms with Gasteiger partial charge in [0.15, 0.2) is 0 Å². The molecule has 0 saturated carbocycles. The first-order valence-electron chi connectivity index (χ1n) is 6.30.